The van der Waals surface area contributed by atoms with E-state index in [9.17, 15) is 5.11 Å². The Kier molecular flexibility index (Phi) is 1.87. The van der Waals surface area contributed by atoms with Gasteiger partial charge in [0.25, 0.3) is 0 Å². The van der Waals surface area contributed by atoms with Crippen molar-refractivity contribution in [1.82, 2.24) is 0 Å². The van der Waals surface area contributed by atoms with Gasteiger partial charge in [0.1, 0.15) is 5.75 Å². The molecule has 2 aromatic rings. The maximum atomic E-state index is 9.40. The van der Waals surface area contributed by atoms with Crippen LogP contribution in [0.15, 0.2) is 17.5 Å². The Morgan fingerprint density at radius 1 is 1.46 bits per heavy atom. The van der Waals surface area contributed by atoms with Gasteiger partial charge in [0.05, 0.1) is 21.4 Å². The number of benzene rings is 1. The number of nitriles is 1. The maximum Gasteiger partial charge on any atom is 0.134 e. The summed E-state index contributed by atoms with van der Waals surface area (Å²) >= 11 is 7.27. The molecule has 1 aromatic carbocycles. The largest absolute Gasteiger partial charge is 0.506 e. The first-order valence-electron chi connectivity index (χ1n) is 3.52. The molecule has 1 N–H and O–H groups in total. The average Bonchev–Trinajstić information content (AvgIpc) is 2.48. The van der Waals surface area contributed by atoms with E-state index in [1.807, 2.05) is 6.07 Å². The molecule has 0 atom stereocenters. The number of halogens is 1. The molecule has 0 fully saturated rings. The van der Waals surface area contributed by atoms with Crippen molar-refractivity contribution < 1.29 is 5.11 Å². The molecule has 1 heterocycles. The smallest absolute Gasteiger partial charge is 0.134 e. The van der Waals surface area contributed by atoms with Crippen molar-refractivity contribution in [2.45, 2.75) is 0 Å². The summed E-state index contributed by atoms with van der Waals surface area (Å²) in [5.74, 6) is 0.180. The third-order valence-corrected chi connectivity index (χ3v) is 3.16. The normalized spacial score (nSPS) is 10.2. The van der Waals surface area contributed by atoms with Crippen molar-refractivity contribution in [1.29, 1.82) is 5.26 Å². The molecule has 0 aliphatic heterocycles. The molecule has 0 aliphatic carbocycles. The fourth-order valence-electron chi connectivity index (χ4n) is 1.15. The van der Waals surface area contributed by atoms with E-state index in [0.29, 0.717) is 16.0 Å². The lowest BCUT2D eigenvalue weighted by molar-refractivity contribution is 0.483. The molecule has 2 rings (SSSR count). The van der Waals surface area contributed by atoms with E-state index in [0.717, 1.165) is 4.70 Å². The average molecular weight is 210 g/mol. The summed E-state index contributed by atoms with van der Waals surface area (Å²) < 4.78 is 0.818. The molecule has 0 bridgehead atoms. The summed E-state index contributed by atoms with van der Waals surface area (Å²) in [6, 6.07) is 5.22. The summed E-state index contributed by atoms with van der Waals surface area (Å²) in [5, 5.41) is 20.8. The van der Waals surface area contributed by atoms with Crippen LogP contribution >= 0.6 is 22.9 Å². The van der Waals surface area contributed by atoms with Crippen molar-refractivity contribution in [3.8, 4) is 11.8 Å². The van der Waals surface area contributed by atoms with Crippen molar-refractivity contribution in [2.24, 2.45) is 0 Å². The Labute approximate surface area is 83.6 Å². The standard InChI is InChI=1S/C9H4ClNOS/c10-7-2-5(3-11)1-6-8(12)4-13-9(6)7/h1-2,4,12H. The van der Waals surface area contributed by atoms with Gasteiger partial charge >= 0.3 is 0 Å². The lowest BCUT2D eigenvalue weighted by Gasteiger charge is -1.94. The second-order valence-corrected chi connectivity index (χ2v) is 3.85. The number of nitrogens with zero attached hydrogens (tertiary/aromatic N) is 1. The van der Waals surface area contributed by atoms with Crippen molar-refractivity contribution >= 4 is 33.0 Å². The zero-order valence-corrected chi connectivity index (χ0v) is 7.99. The molecule has 0 saturated heterocycles. The first-order valence-corrected chi connectivity index (χ1v) is 4.78. The first-order chi connectivity index (χ1) is 6.22. The number of hydrogen-bond donors (Lipinski definition) is 1. The van der Waals surface area contributed by atoms with E-state index in [-0.39, 0.29) is 5.75 Å². The second kappa shape index (κ2) is 2.91. The zero-order valence-electron chi connectivity index (χ0n) is 6.41. The maximum absolute atomic E-state index is 9.40. The van der Waals surface area contributed by atoms with Crippen LogP contribution in [0.4, 0.5) is 0 Å². The topological polar surface area (TPSA) is 44.0 Å². The fourth-order valence-corrected chi connectivity index (χ4v) is 2.32. The summed E-state index contributed by atoms with van der Waals surface area (Å²) in [6.45, 7) is 0. The molecule has 0 spiro atoms. The van der Waals surface area contributed by atoms with Gasteiger partial charge in [-0.15, -0.1) is 11.3 Å². The predicted octanol–water partition coefficient (Wildman–Crippen LogP) is 3.13. The van der Waals surface area contributed by atoms with Gasteiger partial charge < -0.3 is 5.11 Å². The first kappa shape index (κ1) is 8.36. The SMILES string of the molecule is N#Cc1cc(Cl)c2scc(O)c2c1. The minimum Gasteiger partial charge on any atom is -0.506 e. The van der Waals surface area contributed by atoms with E-state index < -0.39 is 0 Å². The third-order valence-electron chi connectivity index (χ3n) is 1.74. The molecule has 13 heavy (non-hydrogen) atoms. The highest BCUT2D eigenvalue weighted by Crippen LogP contribution is 2.36. The lowest BCUT2D eigenvalue weighted by Crippen LogP contribution is -1.74. The van der Waals surface area contributed by atoms with Gasteiger partial charge in [0.2, 0.25) is 0 Å². The number of hydrogen-bond acceptors (Lipinski definition) is 3. The fraction of sp³-hybridized carbons (Fsp3) is 0. The number of rotatable bonds is 0. The van der Waals surface area contributed by atoms with Crippen LogP contribution in [0.1, 0.15) is 5.56 Å². The predicted molar refractivity (Wildman–Crippen MR) is 53.2 cm³/mol. The van der Waals surface area contributed by atoms with Gasteiger partial charge in [-0.2, -0.15) is 5.26 Å². The Balaban J connectivity index is 2.90. The van der Waals surface area contributed by atoms with Crippen LogP contribution in [0.2, 0.25) is 5.02 Å². The van der Waals surface area contributed by atoms with E-state index in [2.05, 4.69) is 0 Å². The molecule has 2 nitrogen and oxygen atoms in total. The van der Waals surface area contributed by atoms with Crippen molar-refractivity contribution in [3.05, 3.63) is 28.1 Å². The molecule has 4 heteroatoms. The monoisotopic (exact) mass is 209 g/mol. The molecule has 0 amide bonds. The summed E-state index contributed by atoms with van der Waals surface area (Å²) in [4.78, 5) is 0. The van der Waals surface area contributed by atoms with Gasteiger partial charge in [-0.3, -0.25) is 0 Å². The molecular formula is C9H4ClNOS. The van der Waals surface area contributed by atoms with Crippen molar-refractivity contribution in [2.75, 3.05) is 0 Å². The summed E-state index contributed by atoms with van der Waals surface area (Å²) in [7, 11) is 0. The molecule has 0 saturated carbocycles. The Morgan fingerprint density at radius 2 is 2.23 bits per heavy atom. The van der Waals surface area contributed by atoms with E-state index in [4.69, 9.17) is 16.9 Å². The van der Waals surface area contributed by atoms with Gasteiger partial charge in [-0.05, 0) is 12.1 Å². The molecular weight excluding hydrogens is 206 g/mol. The second-order valence-electron chi connectivity index (χ2n) is 2.57. The van der Waals surface area contributed by atoms with Crippen LogP contribution < -0.4 is 0 Å². The van der Waals surface area contributed by atoms with Gasteiger partial charge in [0.15, 0.2) is 0 Å². The summed E-state index contributed by atoms with van der Waals surface area (Å²) in [6.07, 6.45) is 0. The van der Waals surface area contributed by atoms with Crippen LogP contribution in [0.5, 0.6) is 5.75 Å². The highest BCUT2D eigenvalue weighted by molar-refractivity contribution is 7.18. The Morgan fingerprint density at radius 3 is 2.92 bits per heavy atom. The third kappa shape index (κ3) is 1.24. The van der Waals surface area contributed by atoms with E-state index in [1.54, 1.807) is 17.5 Å². The molecule has 64 valence electrons. The number of fused-ring (bicyclic) bond motifs is 1. The van der Waals surface area contributed by atoms with Crippen LogP contribution in [0.3, 0.4) is 0 Å². The van der Waals surface area contributed by atoms with Crippen LogP contribution in [0, 0.1) is 11.3 Å². The lowest BCUT2D eigenvalue weighted by atomic mass is 10.2. The minimum atomic E-state index is 0.180. The highest BCUT2D eigenvalue weighted by Gasteiger charge is 2.07. The Bertz CT molecular complexity index is 512. The summed E-state index contributed by atoms with van der Waals surface area (Å²) in [5.41, 5.74) is 0.464. The van der Waals surface area contributed by atoms with Gasteiger partial charge in [-0.25, -0.2) is 0 Å². The number of aromatic hydroxyl groups is 1. The molecule has 0 aliphatic rings. The van der Waals surface area contributed by atoms with Crippen LogP contribution in [-0.2, 0) is 0 Å². The molecule has 0 unspecified atom stereocenters. The Hall–Kier alpha value is -1.24. The molecule has 1 aromatic heterocycles. The van der Waals surface area contributed by atoms with Crippen molar-refractivity contribution in [3.63, 3.8) is 0 Å². The quantitative estimate of drug-likeness (QED) is 0.725. The minimum absolute atomic E-state index is 0.180. The van der Waals surface area contributed by atoms with Crippen LogP contribution in [0.25, 0.3) is 10.1 Å². The van der Waals surface area contributed by atoms with Crippen LogP contribution in [-0.4, -0.2) is 5.11 Å². The number of thiophene rings is 1. The van der Waals surface area contributed by atoms with E-state index in [1.165, 1.54) is 11.3 Å². The molecule has 0 radical (unpaired) electrons. The van der Waals surface area contributed by atoms with Gasteiger partial charge in [-0.1, -0.05) is 11.6 Å². The van der Waals surface area contributed by atoms with Gasteiger partial charge in [0, 0.05) is 10.8 Å². The highest BCUT2D eigenvalue weighted by atomic mass is 35.5. The zero-order chi connectivity index (χ0) is 9.42. The van der Waals surface area contributed by atoms with E-state index >= 15 is 0 Å².